The Morgan fingerprint density at radius 1 is 1.23 bits per heavy atom. The molecule has 0 bridgehead atoms. The number of hydrogen-bond donors (Lipinski definition) is 1. The molecule has 0 aliphatic heterocycles. The summed E-state index contributed by atoms with van der Waals surface area (Å²) in [5.41, 5.74) is 3.20. The molecule has 0 saturated carbocycles. The first kappa shape index (κ1) is 17.3. The highest BCUT2D eigenvalue weighted by Gasteiger charge is 2.25. The van der Waals surface area contributed by atoms with Crippen LogP contribution in [0.2, 0.25) is 13.1 Å². The van der Waals surface area contributed by atoms with Gasteiger partial charge in [-0.15, -0.1) is 11.3 Å². The van der Waals surface area contributed by atoms with Crippen LogP contribution < -0.4 is 4.43 Å². The second-order valence-corrected chi connectivity index (χ2v) is 9.88. The van der Waals surface area contributed by atoms with Crippen LogP contribution in [0.4, 0.5) is 0 Å². The molecule has 1 aromatic carbocycles. The SMILES string of the molecule is Cc1csc(C(O)c2cccc(C(C)(C)C)c2O[Si](C)C)c1. The summed E-state index contributed by atoms with van der Waals surface area (Å²) in [7, 11) is -0.908. The van der Waals surface area contributed by atoms with Crippen molar-refractivity contribution < 1.29 is 9.53 Å². The average Bonchev–Trinajstić information content (AvgIpc) is 2.83. The maximum atomic E-state index is 10.8. The predicted molar refractivity (Wildman–Crippen MR) is 96.4 cm³/mol. The van der Waals surface area contributed by atoms with Gasteiger partial charge in [0.2, 0.25) is 0 Å². The molecule has 2 rings (SSSR count). The lowest BCUT2D eigenvalue weighted by Gasteiger charge is -2.27. The van der Waals surface area contributed by atoms with Crippen molar-refractivity contribution >= 4 is 20.4 Å². The van der Waals surface area contributed by atoms with Crippen LogP contribution >= 0.6 is 11.3 Å². The van der Waals surface area contributed by atoms with E-state index in [0.29, 0.717) is 0 Å². The molecule has 0 spiro atoms. The van der Waals surface area contributed by atoms with Gasteiger partial charge in [-0.25, -0.2) is 0 Å². The molecule has 0 aliphatic rings. The molecular formula is C18H25O2SSi. The summed E-state index contributed by atoms with van der Waals surface area (Å²) in [6.07, 6.45) is -0.627. The molecule has 0 saturated heterocycles. The van der Waals surface area contributed by atoms with Crippen molar-refractivity contribution in [3.63, 3.8) is 0 Å². The molecule has 4 heteroatoms. The van der Waals surface area contributed by atoms with E-state index in [0.717, 1.165) is 21.8 Å². The van der Waals surface area contributed by atoms with Gasteiger partial charge >= 0.3 is 0 Å². The van der Waals surface area contributed by atoms with Crippen molar-refractivity contribution in [2.75, 3.05) is 0 Å². The molecule has 1 heterocycles. The minimum Gasteiger partial charge on any atom is -0.542 e. The molecule has 1 aromatic heterocycles. The first-order valence-corrected chi connectivity index (χ1v) is 10.8. The van der Waals surface area contributed by atoms with Crippen LogP contribution in [0.3, 0.4) is 0 Å². The number of aliphatic hydroxyl groups is 1. The van der Waals surface area contributed by atoms with Gasteiger partial charge < -0.3 is 9.53 Å². The van der Waals surface area contributed by atoms with Crippen molar-refractivity contribution in [1.29, 1.82) is 0 Å². The Labute approximate surface area is 139 Å². The molecule has 0 aliphatic carbocycles. The number of thiophene rings is 1. The topological polar surface area (TPSA) is 29.5 Å². The van der Waals surface area contributed by atoms with E-state index in [1.807, 2.05) is 18.2 Å². The zero-order valence-electron chi connectivity index (χ0n) is 14.2. The highest BCUT2D eigenvalue weighted by atomic mass is 32.1. The zero-order chi connectivity index (χ0) is 16.5. The third-order valence-corrected chi connectivity index (χ3v) is 5.19. The Hall–Kier alpha value is -1.10. The van der Waals surface area contributed by atoms with Gasteiger partial charge in [-0.05, 0) is 48.0 Å². The van der Waals surface area contributed by atoms with Crippen LogP contribution in [0, 0.1) is 6.92 Å². The molecular weight excluding hydrogens is 308 g/mol. The Morgan fingerprint density at radius 2 is 1.91 bits per heavy atom. The first-order chi connectivity index (χ1) is 10.2. The molecule has 1 unspecified atom stereocenters. The summed E-state index contributed by atoms with van der Waals surface area (Å²) >= 11 is 1.60. The van der Waals surface area contributed by atoms with E-state index in [1.54, 1.807) is 11.3 Å². The van der Waals surface area contributed by atoms with E-state index >= 15 is 0 Å². The molecule has 119 valence electrons. The summed E-state index contributed by atoms with van der Waals surface area (Å²) in [4.78, 5) is 0.967. The van der Waals surface area contributed by atoms with Crippen LogP contribution in [-0.2, 0) is 5.41 Å². The molecule has 1 N–H and O–H groups in total. The molecule has 1 radical (unpaired) electrons. The average molecular weight is 334 g/mol. The molecule has 22 heavy (non-hydrogen) atoms. The summed E-state index contributed by atoms with van der Waals surface area (Å²) in [5, 5.41) is 12.9. The van der Waals surface area contributed by atoms with Gasteiger partial charge in [0.15, 0.2) is 0 Å². The molecule has 0 fully saturated rings. The summed E-state index contributed by atoms with van der Waals surface area (Å²) < 4.78 is 6.20. The van der Waals surface area contributed by atoms with Crippen molar-refractivity contribution in [3.05, 3.63) is 51.2 Å². The first-order valence-electron chi connectivity index (χ1n) is 7.54. The van der Waals surface area contributed by atoms with Crippen LogP contribution in [0.25, 0.3) is 0 Å². The number of hydrogen-bond acceptors (Lipinski definition) is 3. The molecule has 2 aromatic rings. The number of rotatable bonds is 4. The standard InChI is InChI=1S/C18H25O2SSi/c1-12-10-15(21-11-12)16(19)13-8-7-9-14(18(2,3)4)17(13)20-22(5)6/h7-11,16,19H,1-6H3. The summed E-state index contributed by atoms with van der Waals surface area (Å²) in [6.45, 7) is 12.8. The number of aryl methyl sites for hydroxylation is 1. The van der Waals surface area contributed by atoms with E-state index < -0.39 is 15.1 Å². The molecule has 2 nitrogen and oxygen atoms in total. The van der Waals surface area contributed by atoms with E-state index in [-0.39, 0.29) is 5.41 Å². The lowest BCUT2D eigenvalue weighted by molar-refractivity contribution is 0.221. The maximum Gasteiger partial charge on any atom is 0.274 e. The smallest absolute Gasteiger partial charge is 0.274 e. The van der Waals surface area contributed by atoms with Crippen LogP contribution in [0.5, 0.6) is 5.75 Å². The highest BCUT2D eigenvalue weighted by Crippen LogP contribution is 2.40. The Morgan fingerprint density at radius 3 is 2.41 bits per heavy atom. The fourth-order valence-electron chi connectivity index (χ4n) is 2.43. The normalized spacial score (nSPS) is 13.5. The van der Waals surface area contributed by atoms with Gasteiger partial charge in [0.1, 0.15) is 11.9 Å². The number of aliphatic hydroxyl groups excluding tert-OH is 1. The van der Waals surface area contributed by atoms with Gasteiger partial charge in [-0.2, -0.15) is 0 Å². The second-order valence-electron chi connectivity index (χ2n) is 6.91. The maximum absolute atomic E-state index is 10.8. The fraction of sp³-hybridized carbons (Fsp3) is 0.444. The van der Waals surface area contributed by atoms with Crippen molar-refractivity contribution in [2.24, 2.45) is 0 Å². The fourth-order valence-corrected chi connectivity index (χ4v) is 3.96. The molecule has 0 amide bonds. The number of para-hydroxylation sites is 1. The minimum absolute atomic E-state index is 0.0201. The minimum atomic E-state index is -0.908. The van der Waals surface area contributed by atoms with Crippen molar-refractivity contribution in [1.82, 2.24) is 0 Å². The van der Waals surface area contributed by atoms with Gasteiger partial charge in [0, 0.05) is 10.4 Å². The second kappa shape index (κ2) is 6.57. The Balaban J connectivity index is 2.54. The van der Waals surface area contributed by atoms with E-state index in [2.05, 4.69) is 52.2 Å². The van der Waals surface area contributed by atoms with Gasteiger partial charge in [0.25, 0.3) is 9.04 Å². The lowest BCUT2D eigenvalue weighted by atomic mass is 9.84. The van der Waals surface area contributed by atoms with Gasteiger partial charge in [0.05, 0.1) is 0 Å². The van der Waals surface area contributed by atoms with Gasteiger partial charge in [-0.3, -0.25) is 0 Å². The zero-order valence-corrected chi connectivity index (χ0v) is 16.0. The predicted octanol–water partition coefficient (Wildman–Crippen LogP) is 5.07. The van der Waals surface area contributed by atoms with E-state index in [1.165, 1.54) is 5.56 Å². The van der Waals surface area contributed by atoms with Crippen molar-refractivity contribution in [2.45, 2.75) is 52.3 Å². The summed E-state index contributed by atoms with van der Waals surface area (Å²) in [5.74, 6) is 0.868. The van der Waals surface area contributed by atoms with Gasteiger partial charge in [-0.1, -0.05) is 39.0 Å². The van der Waals surface area contributed by atoms with E-state index in [9.17, 15) is 5.11 Å². The third-order valence-electron chi connectivity index (χ3n) is 3.47. The van der Waals surface area contributed by atoms with Crippen LogP contribution in [0.1, 0.15) is 48.4 Å². The quantitative estimate of drug-likeness (QED) is 0.792. The van der Waals surface area contributed by atoms with Crippen LogP contribution in [0.15, 0.2) is 29.6 Å². The lowest BCUT2D eigenvalue weighted by Crippen LogP contribution is -2.20. The molecule has 1 atom stereocenters. The Kier molecular flexibility index (Phi) is 5.15. The van der Waals surface area contributed by atoms with Crippen LogP contribution in [-0.4, -0.2) is 14.1 Å². The van der Waals surface area contributed by atoms with Crippen molar-refractivity contribution in [3.8, 4) is 5.75 Å². The Bertz CT molecular complexity index is 641. The number of benzene rings is 1. The monoisotopic (exact) mass is 333 g/mol. The summed E-state index contributed by atoms with van der Waals surface area (Å²) in [6, 6.07) is 8.15. The largest absolute Gasteiger partial charge is 0.542 e. The third kappa shape index (κ3) is 3.80. The van der Waals surface area contributed by atoms with E-state index in [4.69, 9.17) is 4.43 Å². The highest BCUT2D eigenvalue weighted by molar-refractivity contribution is 7.10.